The van der Waals surface area contributed by atoms with Crippen molar-refractivity contribution in [3.05, 3.63) is 65.7 Å². The van der Waals surface area contributed by atoms with Crippen molar-refractivity contribution in [3.63, 3.8) is 0 Å². The molecular formula is C17H19N3O4S. The Labute approximate surface area is 146 Å². The van der Waals surface area contributed by atoms with Crippen LogP contribution in [-0.2, 0) is 10.0 Å². The third-order valence-electron chi connectivity index (χ3n) is 3.20. The van der Waals surface area contributed by atoms with Crippen LogP contribution < -0.4 is 15.6 Å². The molecule has 0 unspecified atom stereocenters. The minimum Gasteiger partial charge on any atom is -0.284 e. The number of nitrogens with one attached hydrogen (secondary N) is 3. The Bertz CT molecular complexity index is 851. The normalized spacial score (nSPS) is 10.8. The second kappa shape index (κ2) is 8.29. The molecule has 2 aromatic rings. The first-order chi connectivity index (χ1) is 11.9. The van der Waals surface area contributed by atoms with E-state index in [1.807, 2.05) is 0 Å². The fourth-order valence-corrected chi connectivity index (χ4v) is 3.20. The summed E-state index contributed by atoms with van der Waals surface area (Å²) < 4.78 is 26.0. The summed E-state index contributed by atoms with van der Waals surface area (Å²) in [6.45, 7) is 1.76. The molecule has 2 rings (SSSR count). The highest BCUT2D eigenvalue weighted by Crippen LogP contribution is 2.13. The lowest BCUT2D eigenvalue weighted by atomic mass is 10.2. The van der Waals surface area contributed by atoms with Gasteiger partial charge >= 0.3 is 0 Å². The molecule has 132 valence electrons. The van der Waals surface area contributed by atoms with Gasteiger partial charge in [0.15, 0.2) is 0 Å². The second-order valence-electron chi connectivity index (χ2n) is 5.28. The van der Waals surface area contributed by atoms with Crippen molar-refractivity contribution in [3.8, 4) is 0 Å². The third-order valence-corrected chi connectivity index (χ3v) is 4.69. The van der Waals surface area contributed by atoms with Crippen LogP contribution in [0.25, 0.3) is 0 Å². The number of hydrazine groups is 1. The largest absolute Gasteiger partial charge is 0.284 e. The van der Waals surface area contributed by atoms with Gasteiger partial charge in [0.2, 0.25) is 10.0 Å². The minimum absolute atomic E-state index is 0.00342. The van der Waals surface area contributed by atoms with Crippen LogP contribution in [0, 0.1) is 0 Å². The molecule has 2 amide bonds. The van der Waals surface area contributed by atoms with Gasteiger partial charge in [-0.15, -0.1) is 0 Å². The Morgan fingerprint density at radius 3 is 2.12 bits per heavy atom. The highest BCUT2D eigenvalue weighted by Gasteiger charge is 2.12. The first-order valence-electron chi connectivity index (χ1n) is 7.67. The lowest BCUT2D eigenvalue weighted by molar-refractivity contribution is 0.0846. The van der Waals surface area contributed by atoms with E-state index in [1.54, 1.807) is 49.4 Å². The molecule has 0 spiro atoms. The summed E-state index contributed by atoms with van der Waals surface area (Å²) in [5.41, 5.74) is 5.51. The molecule has 7 nitrogen and oxygen atoms in total. The number of amides is 2. The van der Waals surface area contributed by atoms with Crippen molar-refractivity contribution < 1.29 is 18.0 Å². The molecule has 25 heavy (non-hydrogen) atoms. The number of anilines is 1. The smallest absolute Gasteiger partial charge is 0.269 e. The second-order valence-corrected chi connectivity index (χ2v) is 7.12. The molecule has 0 aliphatic rings. The highest BCUT2D eigenvalue weighted by molar-refractivity contribution is 7.92. The van der Waals surface area contributed by atoms with Gasteiger partial charge in [-0.1, -0.05) is 31.2 Å². The standard InChI is InChI=1S/C17H19N3O4S/c1-2-11-25(23,24)20-15-10-6-9-14(12-15)17(22)19-18-16(21)13-7-4-3-5-8-13/h3-10,12,20H,2,11H2,1H3,(H,18,21)(H,19,22). The molecule has 0 saturated heterocycles. The molecule has 3 N–H and O–H groups in total. The summed E-state index contributed by atoms with van der Waals surface area (Å²) >= 11 is 0. The van der Waals surface area contributed by atoms with Crippen LogP contribution in [0.15, 0.2) is 54.6 Å². The summed E-state index contributed by atoms with van der Waals surface area (Å²) in [5.74, 6) is -1.01. The molecule has 2 aromatic carbocycles. The molecule has 0 aromatic heterocycles. The first-order valence-corrected chi connectivity index (χ1v) is 9.33. The van der Waals surface area contributed by atoms with Crippen molar-refractivity contribution in [1.29, 1.82) is 0 Å². The van der Waals surface area contributed by atoms with Gasteiger partial charge in [0.1, 0.15) is 0 Å². The van der Waals surface area contributed by atoms with E-state index >= 15 is 0 Å². The highest BCUT2D eigenvalue weighted by atomic mass is 32.2. The SMILES string of the molecule is CCCS(=O)(=O)Nc1cccc(C(=O)NNC(=O)c2ccccc2)c1. The van der Waals surface area contributed by atoms with Crippen LogP contribution in [0.1, 0.15) is 34.1 Å². The molecule has 0 saturated carbocycles. The van der Waals surface area contributed by atoms with Gasteiger partial charge < -0.3 is 0 Å². The van der Waals surface area contributed by atoms with Gasteiger partial charge in [-0.3, -0.25) is 25.2 Å². The number of carbonyl (C=O) groups is 2. The van der Waals surface area contributed by atoms with Gasteiger partial charge in [-0.05, 0) is 36.8 Å². The van der Waals surface area contributed by atoms with Gasteiger partial charge in [0.25, 0.3) is 11.8 Å². The third kappa shape index (κ3) is 5.61. The maximum absolute atomic E-state index is 12.1. The maximum Gasteiger partial charge on any atom is 0.269 e. The van der Waals surface area contributed by atoms with Crippen LogP contribution in [0.5, 0.6) is 0 Å². The zero-order chi connectivity index (χ0) is 18.3. The molecule has 0 fully saturated rings. The molecule has 8 heteroatoms. The van der Waals surface area contributed by atoms with E-state index < -0.39 is 21.8 Å². The number of benzene rings is 2. The Kier molecular flexibility index (Phi) is 6.13. The van der Waals surface area contributed by atoms with E-state index in [0.717, 1.165) is 0 Å². The monoisotopic (exact) mass is 361 g/mol. The number of hydrogen-bond donors (Lipinski definition) is 3. The molecule has 0 aliphatic heterocycles. The average molecular weight is 361 g/mol. The number of hydrogen-bond acceptors (Lipinski definition) is 4. The van der Waals surface area contributed by atoms with Crippen LogP contribution in [0.3, 0.4) is 0 Å². The predicted octanol–water partition coefficient (Wildman–Crippen LogP) is 1.91. The Hall–Kier alpha value is -2.87. The maximum atomic E-state index is 12.1. The van der Waals surface area contributed by atoms with E-state index in [4.69, 9.17) is 0 Å². The molecule has 0 bridgehead atoms. The van der Waals surface area contributed by atoms with E-state index in [2.05, 4.69) is 15.6 Å². The Morgan fingerprint density at radius 1 is 0.880 bits per heavy atom. The summed E-state index contributed by atoms with van der Waals surface area (Å²) in [7, 11) is -3.44. The van der Waals surface area contributed by atoms with Gasteiger partial charge in [0.05, 0.1) is 5.75 Å². The summed E-state index contributed by atoms with van der Waals surface area (Å²) in [4.78, 5) is 24.0. The van der Waals surface area contributed by atoms with Crippen molar-refractivity contribution >= 4 is 27.5 Å². The Balaban J connectivity index is 2.00. The van der Waals surface area contributed by atoms with E-state index in [0.29, 0.717) is 12.0 Å². The summed E-state index contributed by atoms with van der Waals surface area (Å²) in [6, 6.07) is 14.4. The number of sulfonamides is 1. The van der Waals surface area contributed by atoms with Crippen molar-refractivity contribution in [1.82, 2.24) is 10.9 Å². The minimum atomic E-state index is -3.44. The number of carbonyl (C=O) groups excluding carboxylic acids is 2. The molecule has 0 aliphatic carbocycles. The van der Waals surface area contributed by atoms with Gasteiger partial charge in [0, 0.05) is 16.8 Å². The van der Waals surface area contributed by atoms with Crippen LogP contribution >= 0.6 is 0 Å². The zero-order valence-electron chi connectivity index (χ0n) is 13.7. The van der Waals surface area contributed by atoms with Crippen LogP contribution in [0.4, 0.5) is 5.69 Å². The van der Waals surface area contributed by atoms with Crippen molar-refractivity contribution in [2.75, 3.05) is 10.5 Å². The quantitative estimate of drug-likeness (QED) is 0.684. The van der Waals surface area contributed by atoms with Gasteiger partial charge in [-0.2, -0.15) is 0 Å². The number of rotatable bonds is 6. The topological polar surface area (TPSA) is 104 Å². The lowest BCUT2D eigenvalue weighted by Crippen LogP contribution is -2.41. The van der Waals surface area contributed by atoms with E-state index in [9.17, 15) is 18.0 Å². The molecular weight excluding hydrogens is 342 g/mol. The van der Waals surface area contributed by atoms with Crippen molar-refractivity contribution in [2.45, 2.75) is 13.3 Å². The predicted molar refractivity (Wildman–Crippen MR) is 95.5 cm³/mol. The molecule has 0 atom stereocenters. The molecule has 0 heterocycles. The fraction of sp³-hybridized carbons (Fsp3) is 0.176. The van der Waals surface area contributed by atoms with Crippen LogP contribution in [-0.4, -0.2) is 26.0 Å². The fourth-order valence-electron chi connectivity index (χ4n) is 2.07. The summed E-state index contributed by atoms with van der Waals surface area (Å²) in [5, 5.41) is 0. The van der Waals surface area contributed by atoms with Crippen LogP contribution in [0.2, 0.25) is 0 Å². The summed E-state index contributed by atoms with van der Waals surface area (Å²) in [6.07, 6.45) is 0.487. The Morgan fingerprint density at radius 2 is 1.48 bits per heavy atom. The van der Waals surface area contributed by atoms with E-state index in [1.165, 1.54) is 12.1 Å². The zero-order valence-corrected chi connectivity index (χ0v) is 14.5. The van der Waals surface area contributed by atoms with Crippen molar-refractivity contribution in [2.24, 2.45) is 0 Å². The first kappa shape index (κ1) is 18.5. The molecule has 0 radical (unpaired) electrons. The lowest BCUT2D eigenvalue weighted by Gasteiger charge is -2.10. The van der Waals surface area contributed by atoms with Gasteiger partial charge in [-0.25, -0.2) is 8.42 Å². The van der Waals surface area contributed by atoms with E-state index in [-0.39, 0.29) is 17.0 Å². The average Bonchev–Trinajstić information content (AvgIpc) is 2.59.